The molecule has 0 aliphatic heterocycles. The Bertz CT molecular complexity index is 797. The minimum atomic E-state index is -0.568. The first-order valence-electron chi connectivity index (χ1n) is 6.73. The van der Waals surface area contributed by atoms with Gasteiger partial charge in [0.25, 0.3) is 5.91 Å². The minimum absolute atomic E-state index is 0.238. The Labute approximate surface area is 138 Å². The normalized spacial score (nSPS) is 9.78. The Morgan fingerprint density at radius 3 is 2.70 bits per heavy atom. The van der Waals surface area contributed by atoms with E-state index in [0.717, 1.165) is 5.56 Å². The van der Waals surface area contributed by atoms with Gasteiger partial charge in [-0.05, 0) is 37.3 Å². The fraction of sp³-hybridized carbons (Fsp3) is 0.118. The molecular formula is C17H13ClN2O3. The van der Waals surface area contributed by atoms with Gasteiger partial charge in [-0.2, -0.15) is 5.26 Å². The predicted octanol–water partition coefficient (Wildman–Crippen LogP) is 3.32. The number of esters is 1. The maximum absolute atomic E-state index is 11.8. The van der Waals surface area contributed by atoms with E-state index in [9.17, 15) is 9.59 Å². The summed E-state index contributed by atoms with van der Waals surface area (Å²) >= 11 is 5.88. The molecule has 2 rings (SSSR count). The molecule has 0 aromatic heterocycles. The molecule has 0 spiro atoms. The zero-order valence-corrected chi connectivity index (χ0v) is 13.1. The molecule has 23 heavy (non-hydrogen) atoms. The summed E-state index contributed by atoms with van der Waals surface area (Å²) in [5.74, 6) is -1.06. The molecule has 5 nitrogen and oxygen atoms in total. The number of halogens is 1. The van der Waals surface area contributed by atoms with Gasteiger partial charge in [-0.15, -0.1) is 0 Å². The molecule has 0 atom stereocenters. The van der Waals surface area contributed by atoms with E-state index in [4.69, 9.17) is 21.6 Å². The number of hydrogen-bond donors (Lipinski definition) is 1. The summed E-state index contributed by atoms with van der Waals surface area (Å²) < 4.78 is 4.96. The zero-order valence-electron chi connectivity index (χ0n) is 12.3. The van der Waals surface area contributed by atoms with E-state index < -0.39 is 18.5 Å². The molecule has 0 radical (unpaired) electrons. The number of carbonyl (C=O) groups is 2. The van der Waals surface area contributed by atoms with Crippen LogP contribution >= 0.6 is 11.6 Å². The number of nitriles is 1. The van der Waals surface area contributed by atoms with Crippen LogP contribution in [-0.4, -0.2) is 18.5 Å². The fourth-order valence-electron chi connectivity index (χ4n) is 1.87. The fourth-order valence-corrected chi connectivity index (χ4v) is 2.09. The number of amides is 1. The lowest BCUT2D eigenvalue weighted by Gasteiger charge is -2.07. The molecule has 6 heteroatoms. The van der Waals surface area contributed by atoms with Gasteiger partial charge in [0.15, 0.2) is 6.61 Å². The monoisotopic (exact) mass is 328 g/mol. The summed E-state index contributed by atoms with van der Waals surface area (Å²) in [5.41, 5.74) is 2.05. The Kier molecular flexibility index (Phi) is 5.34. The molecule has 0 aliphatic rings. The predicted molar refractivity (Wildman–Crippen MR) is 86.3 cm³/mol. The topological polar surface area (TPSA) is 79.2 Å². The number of rotatable bonds is 4. The van der Waals surface area contributed by atoms with E-state index in [1.54, 1.807) is 24.3 Å². The van der Waals surface area contributed by atoms with Crippen molar-refractivity contribution in [1.29, 1.82) is 5.26 Å². The first-order valence-corrected chi connectivity index (χ1v) is 7.10. The average molecular weight is 329 g/mol. The van der Waals surface area contributed by atoms with Crippen LogP contribution in [-0.2, 0) is 9.53 Å². The highest BCUT2D eigenvalue weighted by Gasteiger charge is 2.11. The first-order chi connectivity index (χ1) is 11.0. The van der Waals surface area contributed by atoms with Gasteiger partial charge in [-0.25, -0.2) is 4.79 Å². The second kappa shape index (κ2) is 7.43. The van der Waals surface area contributed by atoms with Crippen LogP contribution in [0.4, 0.5) is 5.69 Å². The minimum Gasteiger partial charge on any atom is -0.452 e. The van der Waals surface area contributed by atoms with Crippen molar-refractivity contribution in [2.45, 2.75) is 6.92 Å². The maximum Gasteiger partial charge on any atom is 0.338 e. The molecule has 2 aromatic rings. The van der Waals surface area contributed by atoms with Crippen LogP contribution in [0.25, 0.3) is 0 Å². The highest BCUT2D eigenvalue weighted by atomic mass is 35.5. The third-order valence-corrected chi connectivity index (χ3v) is 3.27. The van der Waals surface area contributed by atoms with Crippen molar-refractivity contribution in [2.75, 3.05) is 11.9 Å². The van der Waals surface area contributed by atoms with Crippen LogP contribution in [0, 0.1) is 18.3 Å². The van der Waals surface area contributed by atoms with E-state index in [-0.39, 0.29) is 5.02 Å². The number of hydrogen-bond acceptors (Lipinski definition) is 4. The third kappa shape index (κ3) is 4.56. The van der Waals surface area contributed by atoms with Gasteiger partial charge in [-0.1, -0.05) is 29.3 Å². The van der Waals surface area contributed by atoms with Gasteiger partial charge in [0, 0.05) is 5.69 Å². The van der Waals surface area contributed by atoms with Crippen LogP contribution < -0.4 is 5.32 Å². The van der Waals surface area contributed by atoms with E-state index in [1.165, 1.54) is 12.1 Å². The summed E-state index contributed by atoms with van der Waals surface area (Å²) in [6.07, 6.45) is 0. The second-order valence-corrected chi connectivity index (χ2v) is 5.21. The van der Waals surface area contributed by atoms with Gasteiger partial charge in [0.05, 0.1) is 16.1 Å². The molecule has 116 valence electrons. The molecule has 0 unspecified atom stereocenters. The number of nitrogens with one attached hydrogen (secondary N) is 1. The summed E-state index contributed by atoms with van der Waals surface area (Å²) in [5, 5.41) is 11.6. The lowest BCUT2D eigenvalue weighted by Crippen LogP contribution is -2.21. The van der Waals surface area contributed by atoms with E-state index in [1.807, 2.05) is 19.1 Å². The maximum atomic E-state index is 11.8. The second-order valence-electron chi connectivity index (χ2n) is 4.80. The zero-order chi connectivity index (χ0) is 16.8. The molecule has 0 bridgehead atoms. The summed E-state index contributed by atoms with van der Waals surface area (Å²) in [6.45, 7) is 1.45. The SMILES string of the molecule is Cc1cccc(C(=O)OCC(=O)Nc2ccc(C#N)c(Cl)c2)c1. The molecule has 0 fully saturated rings. The first kappa shape index (κ1) is 16.5. The van der Waals surface area contributed by atoms with E-state index in [2.05, 4.69) is 5.32 Å². The quantitative estimate of drug-likeness (QED) is 0.873. The van der Waals surface area contributed by atoms with Crippen molar-refractivity contribution in [3.8, 4) is 6.07 Å². The Balaban J connectivity index is 1.91. The highest BCUT2D eigenvalue weighted by Crippen LogP contribution is 2.20. The Morgan fingerprint density at radius 2 is 2.04 bits per heavy atom. The van der Waals surface area contributed by atoms with Crippen molar-refractivity contribution in [1.82, 2.24) is 0 Å². The Hall–Kier alpha value is -2.84. The summed E-state index contributed by atoms with van der Waals surface area (Å²) in [6, 6.07) is 13.3. The van der Waals surface area contributed by atoms with Gasteiger partial charge in [0.2, 0.25) is 0 Å². The van der Waals surface area contributed by atoms with Crippen molar-refractivity contribution in [3.63, 3.8) is 0 Å². The smallest absolute Gasteiger partial charge is 0.338 e. The van der Waals surface area contributed by atoms with Gasteiger partial charge < -0.3 is 10.1 Å². The van der Waals surface area contributed by atoms with Crippen LogP contribution in [0.5, 0.6) is 0 Å². The number of carbonyl (C=O) groups excluding carboxylic acids is 2. The van der Waals surface area contributed by atoms with E-state index in [0.29, 0.717) is 16.8 Å². The molecule has 0 saturated heterocycles. The van der Waals surface area contributed by atoms with Gasteiger partial charge in [0.1, 0.15) is 6.07 Å². The van der Waals surface area contributed by atoms with Crippen molar-refractivity contribution >= 4 is 29.2 Å². The summed E-state index contributed by atoms with van der Waals surface area (Å²) in [7, 11) is 0. The van der Waals surface area contributed by atoms with Crippen LogP contribution in [0.2, 0.25) is 5.02 Å². The molecule has 0 saturated carbocycles. The van der Waals surface area contributed by atoms with Crippen LogP contribution in [0.3, 0.4) is 0 Å². The lowest BCUT2D eigenvalue weighted by molar-refractivity contribution is -0.119. The number of anilines is 1. The van der Waals surface area contributed by atoms with Gasteiger partial charge >= 0.3 is 5.97 Å². The molecule has 1 N–H and O–H groups in total. The number of benzene rings is 2. The van der Waals surface area contributed by atoms with Crippen LogP contribution in [0.15, 0.2) is 42.5 Å². The molecule has 2 aromatic carbocycles. The lowest BCUT2D eigenvalue weighted by atomic mass is 10.1. The molecule has 0 heterocycles. The highest BCUT2D eigenvalue weighted by molar-refractivity contribution is 6.32. The molecule has 0 aliphatic carbocycles. The largest absolute Gasteiger partial charge is 0.452 e. The van der Waals surface area contributed by atoms with Gasteiger partial charge in [-0.3, -0.25) is 4.79 Å². The molecule has 1 amide bonds. The summed E-state index contributed by atoms with van der Waals surface area (Å²) in [4.78, 5) is 23.6. The number of aryl methyl sites for hydroxylation is 1. The average Bonchev–Trinajstić information content (AvgIpc) is 2.53. The number of ether oxygens (including phenoxy) is 1. The van der Waals surface area contributed by atoms with E-state index >= 15 is 0 Å². The van der Waals surface area contributed by atoms with Crippen molar-refractivity contribution in [3.05, 3.63) is 64.2 Å². The molecular weight excluding hydrogens is 316 g/mol. The van der Waals surface area contributed by atoms with Crippen molar-refractivity contribution in [2.24, 2.45) is 0 Å². The van der Waals surface area contributed by atoms with Crippen molar-refractivity contribution < 1.29 is 14.3 Å². The van der Waals surface area contributed by atoms with Crippen LogP contribution in [0.1, 0.15) is 21.5 Å². The standard InChI is InChI=1S/C17H13ClN2O3/c1-11-3-2-4-12(7-11)17(22)23-10-16(21)20-14-6-5-13(9-19)15(18)8-14/h2-8H,10H2,1H3,(H,20,21). The Morgan fingerprint density at radius 1 is 1.26 bits per heavy atom. The number of nitrogens with zero attached hydrogens (tertiary/aromatic N) is 1. The third-order valence-electron chi connectivity index (χ3n) is 2.96.